The van der Waals surface area contributed by atoms with Crippen molar-refractivity contribution in [2.45, 2.75) is 27.7 Å². The van der Waals surface area contributed by atoms with Crippen molar-refractivity contribution in [1.82, 2.24) is 9.97 Å². The van der Waals surface area contributed by atoms with Crippen LogP contribution in [0.5, 0.6) is 0 Å². The van der Waals surface area contributed by atoms with Gasteiger partial charge in [0.15, 0.2) is 0 Å². The molecular weight excluding hydrogens is 234 g/mol. The summed E-state index contributed by atoms with van der Waals surface area (Å²) in [6.45, 7) is 8.20. The van der Waals surface area contributed by atoms with Crippen molar-refractivity contribution in [2.24, 2.45) is 0 Å². The van der Waals surface area contributed by atoms with Crippen molar-refractivity contribution in [2.75, 3.05) is 5.32 Å². The molecule has 0 aliphatic heterocycles. The van der Waals surface area contributed by atoms with Gasteiger partial charge in [-0.25, -0.2) is 9.97 Å². The fraction of sp³-hybridized carbons (Fsp3) is 0.250. The summed E-state index contributed by atoms with van der Waals surface area (Å²) in [5.74, 6) is 0.857. The summed E-state index contributed by atoms with van der Waals surface area (Å²) in [7, 11) is 0. The average Bonchev–Trinajstić information content (AvgIpc) is 2.37. The van der Waals surface area contributed by atoms with Crippen LogP contribution in [0.4, 0.5) is 11.5 Å². The molecule has 1 N–H and O–H groups in total. The van der Waals surface area contributed by atoms with Gasteiger partial charge in [0.1, 0.15) is 12.1 Å². The van der Waals surface area contributed by atoms with Crippen molar-refractivity contribution < 1.29 is 0 Å². The Bertz CT molecular complexity index is 615. The van der Waals surface area contributed by atoms with E-state index in [9.17, 15) is 0 Å². The van der Waals surface area contributed by atoms with E-state index in [1.54, 1.807) is 6.33 Å². The summed E-state index contributed by atoms with van der Waals surface area (Å²) in [4.78, 5) is 8.59. The van der Waals surface area contributed by atoms with Gasteiger partial charge in [-0.1, -0.05) is 23.8 Å². The molecule has 3 nitrogen and oxygen atoms in total. The maximum atomic E-state index is 4.32. The van der Waals surface area contributed by atoms with Crippen LogP contribution in [0.1, 0.15) is 29.3 Å². The van der Waals surface area contributed by atoms with E-state index in [2.05, 4.69) is 47.3 Å². The number of nitrogens with one attached hydrogen (secondary N) is 1. The van der Waals surface area contributed by atoms with Crippen LogP contribution in [0.3, 0.4) is 0 Å². The lowest BCUT2D eigenvalue weighted by molar-refractivity contribution is 1.11. The monoisotopic (exact) mass is 253 g/mol. The van der Waals surface area contributed by atoms with Gasteiger partial charge in [0.05, 0.1) is 5.69 Å². The largest absolute Gasteiger partial charge is 0.340 e. The zero-order valence-corrected chi connectivity index (χ0v) is 11.9. The first-order valence-electron chi connectivity index (χ1n) is 6.40. The lowest BCUT2D eigenvalue weighted by atomic mass is 10.1. The molecular formula is C16H19N3. The van der Waals surface area contributed by atoms with Gasteiger partial charge in [-0.05, 0) is 45.4 Å². The molecule has 0 amide bonds. The van der Waals surface area contributed by atoms with Crippen LogP contribution >= 0.6 is 0 Å². The molecule has 1 aromatic heterocycles. The molecule has 19 heavy (non-hydrogen) atoms. The quantitative estimate of drug-likeness (QED) is 0.891. The minimum Gasteiger partial charge on any atom is -0.340 e. The first-order valence-corrected chi connectivity index (χ1v) is 6.40. The Labute approximate surface area is 114 Å². The number of rotatable bonds is 3. The average molecular weight is 253 g/mol. The van der Waals surface area contributed by atoms with E-state index < -0.39 is 0 Å². The molecule has 0 aliphatic rings. The van der Waals surface area contributed by atoms with Gasteiger partial charge in [-0.15, -0.1) is 0 Å². The van der Waals surface area contributed by atoms with Gasteiger partial charge < -0.3 is 5.32 Å². The third-order valence-electron chi connectivity index (χ3n) is 3.08. The molecule has 0 saturated heterocycles. The summed E-state index contributed by atoms with van der Waals surface area (Å²) in [5.41, 5.74) is 5.56. The fourth-order valence-electron chi connectivity index (χ4n) is 2.00. The minimum absolute atomic E-state index is 0.857. The summed E-state index contributed by atoms with van der Waals surface area (Å²) in [6.07, 6.45) is 5.56. The molecule has 1 aromatic carbocycles. The van der Waals surface area contributed by atoms with Gasteiger partial charge in [0.25, 0.3) is 0 Å². The second-order valence-corrected chi connectivity index (χ2v) is 4.68. The molecule has 0 atom stereocenters. The van der Waals surface area contributed by atoms with E-state index in [1.165, 1.54) is 11.1 Å². The van der Waals surface area contributed by atoms with Crippen LogP contribution in [0.15, 0.2) is 30.6 Å². The minimum atomic E-state index is 0.857. The van der Waals surface area contributed by atoms with Gasteiger partial charge in [0, 0.05) is 11.3 Å². The van der Waals surface area contributed by atoms with Gasteiger partial charge in [-0.3, -0.25) is 0 Å². The molecule has 1 heterocycles. The Kier molecular flexibility index (Phi) is 3.95. The maximum Gasteiger partial charge on any atom is 0.137 e. The van der Waals surface area contributed by atoms with E-state index in [0.29, 0.717) is 0 Å². The summed E-state index contributed by atoms with van der Waals surface area (Å²) >= 11 is 0. The third kappa shape index (κ3) is 2.99. The van der Waals surface area contributed by atoms with Crippen molar-refractivity contribution in [3.05, 3.63) is 53.0 Å². The van der Waals surface area contributed by atoms with Crippen LogP contribution in [0.25, 0.3) is 6.08 Å². The zero-order chi connectivity index (χ0) is 13.8. The number of aryl methyl sites for hydroxylation is 2. The molecule has 0 fully saturated rings. The van der Waals surface area contributed by atoms with Crippen LogP contribution < -0.4 is 5.32 Å². The molecule has 0 saturated carbocycles. The summed E-state index contributed by atoms with van der Waals surface area (Å²) < 4.78 is 0. The fourth-order valence-corrected chi connectivity index (χ4v) is 2.00. The highest BCUT2D eigenvalue weighted by Gasteiger charge is 2.06. The lowest BCUT2D eigenvalue weighted by Crippen LogP contribution is -2.01. The second kappa shape index (κ2) is 5.65. The summed E-state index contributed by atoms with van der Waals surface area (Å²) in [6, 6.07) is 6.34. The van der Waals surface area contributed by atoms with Crippen molar-refractivity contribution in [3.63, 3.8) is 0 Å². The smallest absolute Gasteiger partial charge is 0.137 e. The lowest BCUT2D eigenvalue weighted by Gasteiger charge is -2.12. The third-order valence-corrected chi connectivity index (χ3v) is 3.08. The number of nitrogens with zero attached hydrogens (tertiary/aromatic N) is 2. The molecule has 0 spiro atoms. The Morgan fingerprint density at radius 1 is 1.11 bits per heavy atom. The van der Waals surface area contributed by atoms with Crippen molar-refractivity contribution in [3.8, 4) is 0 Å². The van der Waals surface area contributed by atoms with E-state index in [1.807, 2.05) is 26.0 Å². The highest BCUT2D eigenvalue weighted by atomic mass is 15.0. The van der Waals surface area contributed by atoms with Crippen LogP contribution in [-0.2, 0) is 0 Å². The maximum absolute atomic E-state index is 4.32. The topological polar surface area (TPSA) is 37.8 Å². The standard InChI is InChI=1S/C16H19N3/c1-5-6-15-13(4)16(18-10-17-15)19-14-8-7-11(2)9-12(14)3/h5-10H,1-4H3,(H,17,18,19)/b6-5-. The Hall–Kier alpha value is -2.16. The second-order valence-electron chi connectivity index (χ2n) is 4.68. The number of anilines is 2. The Balaban J connectivity index is 2.35. The normalized spacial score (nSPS) is 10.9. The highest BCUT2D eigenvalue weighted by Crippen LogP contribution is 2.23. The number of hydrogen-bond acceptors (Lipinski definition) is 3. The SMILES string of the molecule is C/C=C\c1ncnc(Nc2ccc(C)cc2C)c1C. The molecule has 0 bridgehead atoms. The predicted molar refractivity (Wildman–Crippen MR) is 80.7 cm³/mol. The number of hydrogen-bond donors (Lipinski definition) is 1. The number of aromatic nitrogens is 2. The summed E-state index contributed by atoms with van der Waals surface area (Å²) in [5, 5.41) is 3.38. The molecule has 0 aliphatic carbocycles. The van der Waals surface area contributed by atoms with Crippen LogP contribution in [0, 0.1) is 20.8 Å². The van der Waals surface area contributed by atoms with E-state index in [-0.39, 0.29) is 0 Å². The van der Waals surface area contributed by atoms with Gasteiger partial charge >= 0.3 is 0 Å². The predicted octanol–water partition coefficient (Wildman–Crippen LogP) is 4.18. The number of allylic oxidation sites excluding steroid dienone is 1. The molecule has 0 radical (unpaired) electrons. The highest BCUT2D eigenvalue weighted by molar-refractivity contribution is 5.66. The Morgan fingerprint density at radius 3 is 2.58 bits per heavy atom. The first kappa shape index (κ1) is 13.3. The molecule has 2 aromatic rings. The molecule has 2 rings (SSSR count). The number of benzene rings is 1. The van der Waals surface area contributed by atoms with E-state index >= 15 is 0 Å². The van der Waals surface area contributed by atoms with Crippen LogP contribution in [0.2, 0.25) is 0 Å². The van der Waals surface area contributed by atoms with Gasteiger partial charge in [-0.2, -0.15) is 0 Å². The van der Waals surface area contributed by atoms with E-state index in [0.717, 1.165) is 22.8 Å². The van der Waals surface area contributed by atoms with E-state index in [4.69, 9.17) is 0 Å². The van der Waals surface area contributed by atoms with Crippen LogP contribution in [-0.4, -0.2) is 9.97 Å². The Morgan fingerprint density at radius 2 is 1.89 bits per heavy atom. The molecule has 0 unspecified atom stereocenters. The van der Waals surface area contributed by atoms with Crippen molar-refractivity contribution in [1.29, 1.82) is 0 Å². The first-order chi connectivity index (χ1) is 9.11. The molecule has 3 heteroatoms. The molecule has 98 valence electrons. The van der Waals surface area contributed by atoms with Gasteiger partial charge in [0.2, 0.25) is 0 Å². The zero-order valence-electron chi connectivity index (χ0n) is 11.9. The van der Waals surface area contributed by atoms with Crippen molar-refractivity contribution >= 4 is 17.6 Å².